The molecule has 0 unspecified atom stereocenters. The first-order valence-corrected chi connectivity index (χ1v) is 9.56. The van der Waals surface area contributed by atoms with Crippen LogP contribution in [0, 0.1) is 0 Å². The van der Waals surface area contributed by atoms with Crippen LogP contribution in [0.5, 0.6) is 0 Å². The second-order valence-corrected chi connectivity index (χ2v) is 6.98. The van der Waals surface area contributed by atoms with Gasteiger partial charge >= 0.3 is 6.03 Å². The predicted octanol–water partition coefficient (Wildman–Crippen LogP) is 3.97. The molecule has 0 bridgehead atoms. The van der Waals surface area contributed by atoms with E-state index in [1.165, 1.54) is 0 Å². The summed E-state index contributed by atoms with van der Waals surface area (Å²) in [6.07, 6.45) is 4.58. The number of aromatic nitrogens is 2. The molecule has 0 atom stereocenters. The number of para-hydroxylation sites is 3. The molecule has 0 saturated carbocycles. The van der Waals surface area contributed by atoms with E-state index in [1.807, 2.05) is 56.4 Å². The summed E-state index contributed by atoms with van der Waals surface area (Å²) in [5, 5.41) is 12.7. The molecule has 7 heteroatoms. The van der Waals surface area contributed by atoms with E-state index in [2.05, 4.69) is 21.0 Å². The number of carbonyl (C=O) groups excluding carboxylic acids is 2. The third kappa shape index (κ3) is 5.93. The van der Waals surface area contributed by atoms with Gasteiger partial charge in [0.1, 0.15) is 0 Å². The lowest BCUT2D eigenvalue weighted by atomic mass is 10.2. The Balaban J connectivity index is 1.56. The zero-order valence-corrected chi connectivity index (χ0v) is 16.6. The molecule has 3 aromatic rings. The van der Waals surface area contributed by atoms with E-state index in [0.717, 1.165) is 11.3 Å². The SMILES string of the molecule is CC(C)NC(=O)Nc1ccccc1NC(=O)CCc1cnn(-c2ccccc2)c1. The van der Waals surface area contributed by atoms with Crippen LogP contribution in [0.1, 0.15) is 25.8 Å². The molecule has 0 aliphatic rings. The average Bonchev–Trinajstić information content (AvgIpc) is 3.17. The molecule has 7 nitrogen and oxygen atoms in total. The Morgan fingerprint density at radius 2 is 1.62 bits per heavy atom. The number of nitrogens with one attached hydrogen (secondary N) is 3. The van der Waals surface area contributed by atoms with Gasteiger partial charge in [-0.2, -0.15) is 5.10 Å². The number of hydrogen-bond donors (Lipinski definition) is 3. The number of nitrogens with zero attached hydrogens (tertiary/aromatic N) is 2. The summed E-state index contributed by atoms with van der Waals surface area (Å²) in [7, 11) is 0. The Labute approximate surface area is 170 Å². The standard InChI is InChI=1S/C22H25N5O2/c1-16(2)24-22(29)26-20-11-7-6-10-19(20)25-21(28)13-12-17-14-23-27(15-17)18-8-4-3-5-9-18/h3-11,14-16H,12-13H2,1-2H3,(H,25,28)(H2,24,26,29). The summed E-state index contributed by atoms with van der Waals surface area (Å²) in [5.74, 6) is -0.129. The maximum absolute atomic E-state index is 12.4. The molecule has 1 heterocycles. The van der Waals surface area contributed by atoms with Gasteiger partial charge in [-0.05, 0) is 50.1 Å². The van der Waals surface area contributed by atoms with Gasteiger partial charge in [-0.25, -0.2) is 9.48 Å². The molecule has 0 spiro atoms. The molecule has 0 radical (unpaired) electrons. The van der Waals surface area contributed by atoms with Crippen molar-refractivity contribution in [3.8, 4) is 5.69 Å². The van der Waals surface area contributed by atoms with Gasteiger partial charge in [-0.1, -0.05) is 30.3 Å². The minimum atomic E-state index is -0.310. The van der Waals surface area contributed by atoms with Crippen molar-refractivity contribution >= 4 is 23.3 Å². The summed E-state index contributed by atoms with van der Waals surface area (Å²) in [6.45, 7) is 3.76. The van der Waals surface area contributed by atoms with Crippen LogP contribution in [-0.2, 0) is 11.2 Å². The summed E-state index contributed by atoms with van der Waals surface area (Å²) in [5.41, 5.74) is 3.07. The fourth-order valence-corrected chi connectivity index (χ4v) is 2.80. The number of rotatable bonds is 7. The first kappa shape index (κ1) is 20.1. The van der Waals surface area contributed by atoms with E-state index in [0.29, 0.717) is 24.2 Å². The Kier molecular flexibility index (Phi) is 6.63. The highest BCUT2D eigenvalue weighted by Gasteiger charge is 2.11. The number of carbonyl (C=O) groups is 2. The number of urea groups is 1. The Bertz CT molecular complexity index is 966. The molecule has 29 heavy (non-hydrogen) atoms. The van der Waals surface area contributed by atoms with Gasteiger partial charge in [-0.3, -0.25) is 4.79 Å². The predicted molar refractivity (Wildman–Crippen MR) is 114 cm³/mol. The van der Waals surface area contributed by atoms with Gasteiger partial charge in [0.15, 0.2) is 0 Å². The van der Waals surface area contributed by atoms with Crippen molar-refractivity contribution in [2.24, 2.45) is 0 Å². The van der Waals surface area contributed by atoms with Gasteiger partial charge in [0, 0.05) is 18.7 Å². The van der Waals surface area contributed by atoms with E-state index in [-0.39, 0.29) is 18.0 Å². The van der Waals surface area contributed by atoms with Gasteiger partial charge < -0.3 is 16.0 Å². The van der Waals surface area contributed by atoms with Crippen LogP contribution < -0.4 is 16.0 Å². The first-order chi connectivity index (χ1) is 14.0. The van der Waals surface area contributed by atoms with Crippen LogP contribution in [0.4, 0.5) is 16.2 Å². The molecule has 0 fully saturated rings. The smallest absolute Gasteiger partial charge is 0.319 e. The zero-order chi connectivity index (χ0) is 20.6. The highest BCUT2D eigenvalue weighted by atomic mass is 16.2. The first-order valence-electron chi connectivity index (χ1n) is 9.56. The topological polar surface area (TPSA) is 88.1 Å². The second-order valence-electron chi connectivity index (χ2n) is 6.98. The number of hydrogen-bond acceptors (Lipinski definition) is 3. The molecule has 3 rings (SSSR count). The molecule has 1 aromatic heterocycles. The second kappa shape index (κ2) is 9.54. The Morgan fingerprint density at radius 3 is 2.31 bits per heavy atom. The molecular weight excluding hydrogens is 366 g/mol. The molecule has 3 amide bonds. The largest absolute Gasteiger partial charge is 0.336 e. The highest BCUT2D eigenvalue weighted by molar-refractivity contribution is 5.99. The molecule has 2 aromatic carbocycles. The van der Waals surface area contributed by atoms with Crippen molar-refractivity contribution in [2.45, 2.75) is 32.7 Å². The number of benzene rings is 2. The van der Waals surface area contributed by atoms with Crippen LogP contribution in [0.3, 0.4) is 0 Å². The number of aryl methyl sites for hydroxylation is 1. The summed E-state index contributed by atoms with van der Waals surface area (Å²) in [4.78, 5) is 24.4. The van der Waals surface area contributed by atoms with Crippen molar-refractivity contribution in [1.29, 1.82) is 0 Å². The molecule has 0 aliphatic carbocycles. The Hall–Kier alpha value is -3.61. The molecule has 0 aliphatic heterocycles. The summed E-state index contributed by atoms with van der Waals surface area (Å²) in [6, 6.07) is 16.7. The van der Waals surface area contributed by atoms with E-state index < -0.39 is 0 Å². The van der Waals surface area contributed by atoms with E-state index in [1.54, 1.807) is 29.1 Å². The highest BCUT2D eigenvalue weighted by Crippen LogP contribution is 2.21. The van der Waals surface area contributed by atoms with Gasteiger partial charge in [0.25, 0.3) is 0 Å². The maximum Gasteiger partial charge on any atom is 0.319 e. The normalized spacial score (nSPS) is 10.6. The molecular formula is C22H25N5O2. The third-order valence-corrected chi connectivity index (χ3v) is 4.17. The van der Waals surface area contributed by atoms with Crippen molar-refractivity contribution in [3.05, 3.63) is 72.6 Å². The lowest BCUT2D eigenvalue weighted by molar-refractivity contribution is -0.116. The molecule has 3 N–H and O–H groups in total. The van der Waals surface area contributed by atoms with Crippen molar-refractivity contribution < 1.29 is 9.59 Å². The molecule has 150 valence electrons. The van der Waals surface area contributed by atoms with E-state index in [9.17, 15) is 9.59 Å². The average molecular weight is 391 g/mol. The van der Waals surface area contributed by atoms with Gasteiger partial charge in [0.2, 0.25) is 5.91 Å². The third-order valence-electron chi connectivity index (χ3n) is 4.17. The van der Waals surface area contributed by atoms with Gasteiger partial charge in [0.05, 0.1) is 23.3 Å². The minimum absolute atomic E-state index is 0.0218. The zero-order valence-electron chi connectivity index (χ0n) is 16.6. The maximum atomic E-state index is 12.4. The summed E-state index contributed by atoms with van der Waals surface area (Å²) >= 11 is 0. The lowest BCUT2D eigenvalue weighted by Crippen LogP contribution is -2.34. The summed E-state index contributed by atoms with van der Waals surface area (Å²) < 4.78 is 1.79. The monoisotopic (exact) mass is 391 g/mol. The lowest BCUT2D eigenvalue weighted by Gasteiger charge is -2.14. The van der Waals surface area contributed by atoms with Crippen molar-refractivity contribution in [1.82, 2.24) is 15.1 Å². The fraction of sp³-hybridized carbons (Fsp3) is 0.227. The van der Waals surface area contributed by atoms with Crippen LogP contribution in [0.25, 0.3) is 5.69 Å². The fourth-order valence-electron chi connectivity index (χ4n) is 2.80. The van der Waals surface area contributed by atoms with Crippen LogP contribution >= 0.6 is 0 Å². The van der Waals surface area contributed by atoms with Gasteiger partial charge in [-0.15, -0.1) is 0 Å². The van der Waals surface area contributed by atoms with Crippen molar-refractivity contribution in [3.63, 3.8) is 0 Å². The van der Waals surface area contributed by atoms with Crippen LogP contribution in [-0.4, -0.2) is 27.8 Å². The number of anilines is 2. The number of amides is 3. The minimum Gasteiger partial charge on any atom is -0.336 e. The van der Waals surface area contributed by atoms with E-state index >= 15 is 0 Å². The van der Waals surface area contributed by atoms with Crippen LogP contribution in [0.15, 0.2) is 67.0 Å². The molecule has 0 saturated heterocycles. The van der Waals surface area contributed by atoms with Crippen LogP contribution in [0.2, 0.25) is 0 Å². The van der Waals surface area contributed by atoms with Crippen molar-refractivity contribution in [2.75, 3.05) is 10.6 Å². The van der Waals surface area contributed by atoms with E-state index in [4.69, 9.17) is 0 Å². The quantitative estimate of drug-likeness (QED) is 0.569. The Morgan fingerprint density at radius 1 is 0.966 bits per heavy atom.